The smallest absolute Gasteiger partial charge is 0.335 e. The van der Waals surface area contributed by atoms with Gasteiger partial charge in [0.15, 0.2) is 0 Å². The first-order chi connectivity index (χ1) is 9.40. The van der Waals surface area contributed by atoms with Gasteiger partial charge in [-0.05, 0) is 36.4 Å². The Bertz CT molecular complexity index is 643. The normalized spacial score (nSPS) is 10.2. The van der Waals surface area contributed by atoms with E-state index in [0.29, 0.717) is 0 Å². The molecule has 0 aliphatic heterocycles. The third kappa shape index (κ3) is 2.39. The van der Waals surface area contributed by atoms with E-state index in [1.807, 2.05) is 0 Å². The van der Waals surface area contributed by atoms with Gasteiger partial charge in [-0.3, -0.25) is 0 Å². The summed E-state index contributed by atoms with van der Waals surface area (Å²) in [4.78, 5) is 21.5. The van der Waals surface area contributed by atoms with Gasteiger partial charge in [-0.15, -0.1) is 0 Å². The van der Waals surface area contributed by atoms with Crippen LogP contribution in [-0.2, 0) is 0 Å². The highest BCUT2D eigenvalue weighted by molar-refractivity contribution is 5.92. The van der Waals surface area contributed by atoms with E-state index in [1.54, 1.807) is 0 Å². The molecule has 4 N–H and O–H groups in total. The number of phenolic OH excluding ortho intramolecular Hbond substituents is 2. The fourth-order valence-corrected chi connectivity index (χ4v) is 1.78. The van der Waals surface area contributed by atoms with Crippen molar-refractivity contribution in [3.8, 4) is 22.6 Å². The largest absolute Gasteiger partial charge is 0.507 e. The zero-order valence-electron chi connectivity index (χ0n) is 10.1. The van der Waals surface area contributed by atoms with Crippen LogP contribution in [0.2, 0.25) is 0 Å². The molecule has 0 bridgehead atoms. The van der Waals surface area contributed by atoms with E-state index >= 15 is 0 Å². The summed E-state index contributed by atoms with van der Waals surface area (Å²) in [5.74, 6) is -3.00. The van der Waals surface area contributed by atoms with E-state index in [2.05, 4.69) is 0 Å². The Balaban J connectivity index is 2.52. The Kier molecular flexibility index (Phi) is 3.30. The molecule has 102 valence electrons. The summed E-state index contributed by atoms with van der Waals surface area (Å²) in [5.41, 5.74) is 0.245. The number of hydrogen-bond donors (Lipinski definition) is 4. The van der Waals surface area contributed by atoms with Gasteiger partial charge in [0.25, 0.3) is 0 Å². The van der Waals surface area contributed by atoms with E-state index in [1.165, 1.54) is 24.3 Å². The Morgan fingerprint density at radius 2 is 1.05 bits per heavy atom. The number of benzene rings is 2. The Morgan fingerprint density at radius 1 is 0.700 bits per heavy atom. The van der Waals surface area contributed by atoms with E-state index in [4.69, 9.17) is 10.2 Å². The van der Waals surface area contributed by atoms with Crippen molar-refractivity contribution in [1.29, 1.82) is 0 Å². The first kappa shape index (κ1) is 13.4. The second-order valence-corrected chi connectivity index (χ2v) is 4.07. The number of carboxylic acid groups (broad SMARTS) is 2. The minimum Gasteiger partial charge on any atom is -0.507 e. The molecule has 0 aromatic heterocycles. The maximum Gasteiger partial charge on any atom is 0.335 e. The van der Waals surface area contributed by atoms with Crippen molar-refractivity contribution in [1.82, 2.24) is 0 Å². The fraction of sp³-hybridized carbons (Fsp3) is 0. The Morgan fingerprint density at radius 3 is 1.30 bits per heavy atom. The molecule has 6 heteroatoms. The second kappa shape index (κ2) is 4.93. The summed E-state index contributed by atoms with van der Waals surface area (Å²) in [5, 5.41) is 37.2. The summed E-state index contributed by atoms with van der Waals surface area (Å²) in [7, 11) is 0. The van der Waals surface area contributed by atoms with Gasteiger partial charge in [0, 0.05) is 11.1 Å². The molecule has 0 spiro atoms. The molecule has 0 amide bonds. The van der Waals surface area contributed by atoms with Gasteiger partial charge in [0.2, 0.25) is 0 Å². The number of hydrogen-bond acceptors (Lipinski definition) is 4. The van der Waals surface area contributed by atoms with E-state index < -0.39 is 11.9 Å². The highest BCUT2D eigenvalue weighted by Crippen LogP contribution is 2.36. The fourth-order valence-electron chi connectivity index (χ4n) is 1.78. The van der Waals surface area contributed by atoms with Crippen LogP contribution in [0, 0.1) is 0 Å². The molecule has 0 unspecified atom stereocenters. The van der Waals surface area contributed by atoms with Gasteiger partial charge in [0.05, 0.1) is 11.1 Å². The molecule has 0 fully saturated rings. The van der Waals surface area contributed by atoms with Crippen LogP contribution >= 0.6 is 0 Å². The van der Waals surface area contributed by atoms with Crippen LogP contribution in [0.1, 0.15) is 20.7 Å². The van der Waals surface area contributed by atoms with Crippen molar-refractivity contribution in [2.45, 2.75) is 0 Å². The predicted molar refractivity (Wildman–Crippen MR) is 69.1 cm³/mol. The van der Waals surface area contributed by atoms with Gasteiger partial charge >= 0.3 is 11.9 Å². The van der Waals surface area contributed by atoms with Gasteiger partial charge in [-0.2, -0.15) is 0 Å². The molecule has 0 aliphatic carbocycles. The van der Waals surface area contributed by atoms with Crippen LogP contribution in [-0.4, -0.2) is 32.4 Å². The van der Waals surface area contributed by atoms with Crippen molar-refractivity contribution in [2.75, 3.05) is 0 Å². The molecule has 0 saturated heterocycles. The molecule has 2 aromatic carbocycles. The third-order valence-corrected chi connectivity index (χ3v) is 2.78. The lowest BCUT2D eigenvalue weighted by molar-refractivity contribution is 0.0685. The van der Waals surface area contributed by atoms with Crippen molar-refractivity contribution in [3.63, 3.8) is 0 Å². The van der Waals surface area contributed by atoms with Gasteiger partial charge in [-0.25, -0.2) is 9.59 Å². The summed E-state index contributed by atoms with van der Waals surface area (Å²) in [6.45, 7) is 0. The Labute approximate surface area is 113 Å². The highest BCUT2D eigenvalue weighted by atomic mass is 16.4. The van der Waals surface area contributed by atoms with Gasteiger partial charge < -0.3 is 20.4 Å². The Hall–Kier alpha value is -3.02. The standard InChI is InChI=1S/C14H10O6/c15-11-5-7(13(17)18)1-3-9(11)10-4-2-8(14(19)20)6-12(10)16/h1-6,15-16H,(H,17,18)(H,19,20). The zero-order chi connectivity index (χ0) is 14.9. The summed E-state index contributed by atoms with van der Waals surface area (Å²) < 4.78 is 0. The van der Waals surface area contributed by atoms with Crippen molar-refractivity contribution >= 4 is 11.9 Å². The summed E-state index contributed by atoms with van der Waals surface area (Å²) in [6.07, 6.45) is 0. The number of aromatic carboxylic acids is 2. The molecule has 6 nitrogen and oxygen atoms in total. The number of aromatic hydroxyl groups is 2. The number of carbonyl (C=O) groups is 2. The lowest BCUT2D eigenvalue weighted by Crippen LogP contribution is -1.97. The molecule has 2 rings (SSSR count). The quantitative estimate of drug-likeness (QED) is 0.681. The molecule has 2 aromatic rings. The molecule has 0 radical (unpaired) electrons. The summed E-state index contributed by atoms with van der Waals surface area (Å²) in [6, 6.07) is 7.36. The number of phenols is 2. The minimum absolute atomic E-state index is 0.0899. The van der Waals surface area contributed by atoms with Crippen molar-refractivity contribution < 1.29 is 30.0 Å². The zero-order valence-corrected chi connectivity index (χ0v) is 10.1. The van der Waals surface area contributed by atoms with Gasteiger partial charge in [-0.1, -0.05) is 0 Å². The van der Waals surface area contributed by atoms with Crippen molar-refractivity contribution in [3.05, 3.63) is 47.5 Å². The van der Waals surface area contributed by atoms with E-state index in [-0.39, 0.29) is 33.8 Å². The first-order valence-corrected chi connectivity index (χ1v) is 5.53. The molecule has 0 heterocycles. The molecule has 0 atom stereocenters. The number of carboxylic acids is 2. The first-order valence-electron chi connectivity index (χ1n) is 5.53. The monoisotopic (exact) mass is 274 g/mol. The van der Waals surface area contributed by atoms with E-state index in [9.17, 15) is 19.8 Å². The lowest BCUT2D eigenvalue weighted by Gasteiger charge is -2.08. The average molecular weight is 274 g/mol. The van der Waals surface area contributed by atoms with Crippen LogP contribution < -0.4 is 0 Å². The lowest BCUT2D eigenvalue weighted by atomic mass is 10.00. The molecular weight excluding hydrogens is 264 g/mol. The highest BCUT2D eigenvalue weighted by Gasteiger charge is 2.14. The maximum atomic E-state index is 10.8. The van der Waals surface area contributed by atoms with Crippen LogP contribution in [0.5, 0.6) is 11.5 Å². The molecule has 0 saturated carbocycles. The second-order valence-electron chi connectivity index (χ2n) is 4.07. The SMILES string of the molecule is O=C(O)c1ccc(-c2ccc(C(=O)O)cc2O)c(O)c1. The summed E-state index contributed by atoms with van der Waals surface area (Å²) >= 11 is 0. The molecule has 0 aliphatic rings. The van der Waals surface area contributed by atoms with Crippen LogP contribution in [0.25, 0.3) is 11.1 Å². The topological polar surface area (TPSA) is 115 Å². The van der Waals surface area contributed by atoms with Crippen LogP contribution in [0.3, 0.4) is 0 Å². The molecule has 20 heavy (non-hydrogen) atoms. The maximum absolute atomic E-state index is 10.8. The van der Waals surface area contributed by atoms with E-state index in [0.717, 1.165) is 12.1 Å². The average Bonchev–Trinajstić information content (AvgIpc) is 2.38. The predicted octanol–water partition coefficient (Wildman–Crippen LogP) is 2.16. The van der Waals surface area contributed by atoms with Crippen LogP contribution in [0.4, 0.5) is 0 Å². The van der Waals surface area contributed by atoms with Crippen molar-refractivity contribution in [2.24, 2.45) is 0 Å². The number of rotatable bonds is 3. The van der Waals surface area contributed by atoms with Crippen LogP contribution in [0.15, 0.2) is 36.4 Å². The molecular formula is C14H10O6. The third-order valence-electron chi connectivity index (χ3n) is 2.78. The minimum atomic E-state index is -1.18. The van der Waals surface area contributed by atoms with Gasteiger partial charge in [0.1, 0.15) is 11.5 Å².